The molecule has 0 saturated carbocycles. The lowest BCUT2D eigenvalue weighted by atomic mass is 10.0. The van der Waals surface area contributed by atoms with E-state index in [0.29, 0.717) is 12.5 Å². The zero-order valence-corrected chi connectivity index (χ0v) is 9.90. The third-order valence-corrected chi connectivity index (χ3v) is 2.37. The normalized spacial score (nSPS) is 15.2. The van der Waals surface area contributed by atoms with E-state index in [1.54, 1.807) is 0 Å². The van der Waals surface area contributed by atoms with E-state index < -0.39 is 0 Å². The maximum atomic E-state index is 10.4. The van der Waals surface area contributed by atoms with Gasteiger partial charge in [0.15, 0.2) is 0 Å². The molecule has 0 aromatic heterocycles. The summed E-state index contributed by atoms with van der Waals surface area (Å²) in [5.41, 5.74) is 0. The second kappa shape index (κ2) is 8.48. The maximum Gasteiger partial charge on any atom is 0.302 e. The van der Waals surface area contributed by atoms with Crippen molar-refractivity contribution in [2.24, 2.45) is 5.92 Å². The Labute approximate surface area is 92.1 Å². The Kier molecular flexibility index (Phi) is 8.01. The molecule has 0 aliphatic carbocycles. The van der Waals surface area contributed by atoms with Gasteiger partial charge in [-0.05, 0) is 32.1 Å². The Bertz CT molecular complexity index is 197. The first-order valence-corrected chi connectivity index (χ1v) is 5.50. The molecule has 1 N–H and O–H groups in total. The predicted octanol–water partition coefficient (Wildman–Crippen LogP) is 2.29. The number of hydrogen-bond acceptors (Lipinski definition) is 3. The zero-order valence-electron chi connectivity index (χ0n) is 9.90. The van der Waals surface area contributed by atoms with Gasteiger partial charge < -0.3 is 9.84 Å². The van der Waals surface area contributed by atoms with Gasteiger partial charge in [-0.3, -0.25) is 4.79 Å². The van der Waals surface area contributed by atoms with E-state index in [0.717, 1.165) is 19.3 Å². The van der Waals surface area contributed by atoms with Crippen LogP contribution in [0.25, 0.3) is 0 Å². The van der Waals surface area contributed by atoms with Gasteiger partial charge in [0.25, 0.3) is 0 Å². The third-order valence-electron chi connectivity index (χ3n) is 2.37. The Hall–Kier alpha value is -0.830. The second-order valence-electron chi connectivity index (χ2n) is 3.90. The van der Waals surface area contributed by atoms with Gasteiger partial charge in [-0.15, -0.1) is 0 Å². The van der Waals surface area contributed by atoms with E-state index in [-0.39, 0.29) is 12.1 Å². The fourth-order valence-corrected chi connectivity index (χ4v) is 1.11. The summed E-state index contributed by atoms with van der Waals surface area (Å²) in [7, 11) is 0. The molecule has 2 unspecified atom stereocenters. The van der Waals surface area contributed by atoms with Crippen molar-refractivity contribution in [1.29, 1.82) is 0 Å². The molecule has 0 heterocycles. The summed E-state index contributed by atoms with van der Waals surface area (Å²) in [4.78, 5) is 10.4. The van der Waals surface area contributed by atoms with Gasteiger partial charge in [0.2, 0.25) is 0 Å². The molecule has 0 rings (SSSR count). The number of allylic oxidation sites excluding steroid dienone is 1. The minimum atomic E-state index is -0.237. The molecular formula is C12H22O3. The first kappa shape index (κ1) is 14.2. The summed E-state index contributed by atoms with van der Waals surface area (Å²) in [6.07, 6.45) is 6.57. The van der Waals surface area contributed by atoms with E-state index >= 15 is 0 Å². The van der Waals surface area contributed by atoms with Gasteiger partial charge in [0, 0.05) is 6.92 Å². The Morgan fingerprint density at radius 1 is 1.33 bits per heavy atom. The summed E-state index contributed by atoms with van der Waals surface area (Å²) in [6, 6.07) is 0. The number of hydrogen-bond donors (Lipinski definition) is 1. The van der Waals surface area contributed by atoms with Crippen molar-refractivity contribution in [1.82, 2.24) is 0 Å². The average molecular weight is 214 g/mol. The molecule has 0 bridgehead atoms. The minimum absolute atomic E-state index is 0.230. The molecule has 15 heavy (non-hydrogen) atoms. The molecule has 0 fully saturated rings. The van der Waals surface area contributed by atoms with Gasteiger partial charge in [-0.2, -0.15) is 0 Å². The SMILES string of the molecule is CC(=O)OCCC=CCCC(C)C(C)O. The monoisotopic (exact) mass is 214 g/mol. The van der Waals surface area contributed by atoms with Crippen LogP contribution in [0.4, 0.5) is 0 Å². The van der Waals surface area contributed by atoms with Crippen LogP contribution >= 0.6 is 0 Å². The van der Waals surface area contributed by atoms with E-state index in [2.05, 4.69) is 6.08 Å². The fourth-order valence-electron chi connectivity index (χ4n) is 1.11. The van der Waals surface area contributed by atoms with Crippen molar-refractivity contribution >= 4 is 5.97 Å². The highest BCUT2D eigenvalue weighted by atomic mass is 16.5. The molecule has 0 radical (unpaired) electrons. The van der Waals surface area contributed by atoms with Crippen molar-refractivity contribution in [2.45, 2.75) is 46.1 Å². The summed E-state index contributed by atoms with van der Waals surface area (Å²) >= 11 is 0. The fraction of sp³-hybridized carbons (Fsp3) is 0.750. The number of ether oxygens (including phenoxy) is 1. The molecule has 0 aromatic carbocycles. The van der Waals surface area contributed by atoms with Crippen LogP contribution in [-0.2, 0) is 9.53 Å². The lowest BCUT2D eigenvalue weighted by molar-refractivity contribution is -0.140. The van der Waals surface area contributed by atoms with Gasteiger partial charge in [0.05, 0.1) is 12.7 Å². The van der Waals surface area contributed by atoms with Crippen LogP contribution in [0.2, 0.25) is 0 Å². The summed E-state index contributed by atoms with van der Waals surface area (Å²) in [5.74, 6) is 0.106. The molecule has 0 aromatic rings. The van der Waals surface area contributed by atoms with Crippen molar-refractivity contribution in [3.63, 3.8) is 0 Å². The number of aliphatic hydroxyl groups excluding tert-OH is 1. The first-order valence-electron chi connectivity index (χ1n) is 5.50. The minimum Gasteiger partial charge on any atom is -0.466 e. The number of aliphatic hydroxyl groups is 1. The van der Waals surface area contributed by atoms with Crippen molar-refractivity contribution < 1.29 is 14.6 Å². The van der Waals surface area contributed by atoms with Crippen LogP contribution in [0.15, 0.2) is 12.2 Å². The highest BCUT2D eigenvalue weighted by molar-refractivity contribution is 5.65. The van der Waals surface area contributed by atoms with Crippen LogP contribution in [-0.4, -0.2) is 23.8 Å². The van der Waals surface area contributed by atoms with Crippen molar-refractivity contribution in [2.75, 3.05) is 6.61 Å². The van der Waals surface area contributed by atoms with E-state index in [9.17, 15) is 9.90 Å². The lowest BCUT2D eigenvalue weighted by Gasteiger charge is -2.12. The molecule has 3 nitrogen and oxygen atoms in total. The van der Waals surface area contributed by atoms with Gasteiger partial charge in [-0.25, -0.2) is 0 Å². The molecule has 0 aliphatic heterocycles. The standard InChI is InChI=1S/C12H22O3/c1-10(11(2)13)8-6-4-5-7-9-15-12(3)14/h4-5,10-11,13H,6-9H2,1-3H3. The number of esters is 1. The molecule has 3 heteroatoms. The Morgan fingerprint density at radius 2 is 1.93 bits per heavy atom. The van der Waals surface area contributed by atoms with Gasteiger partial charge in [0.1, 0.15) is 0 Å². The zero-order chi connectivity index (χ0) is 11.7. The van der Waals surface area contributed by atoms with Gasteiger partial charge >= 0.3 is 5.97 Å². The number of carbonyl (C=O) groups is 1. The van der Waals surface area contributed by atoms with Crippen LogP contribution < -0.4 is 0 Å². The van der Waals surface area contributed by atoms with Crippen LogP contribution in [0.3, 0.4) is 0 Å². The average Bonchev–Trinajstić information content (AvgIpc) is 2.15. The van der Waals surface area contributed by atoms with E-state index in [1.165, 1.54) is 6.92 Å². The number of carbonyl (C=O) groups excluding carboxylic acids is 1. The van der Waals surface area contributed by atoms with E-state index in [1.807, 2.05) is 19.9 Å². The smallest absolute Gasteiger partial charge is 0.302 e. The van der Waals surface area contributed by atoms with E-state index in [4.69, 9.17) is 4.74 Å². The Morgan fingerprint density at radius 3 is 2.47 bits per heavy atom. The molecule has 0 saturated heterocycles. The topological polar surface area (TPSA) is 46.5 Å². The molecule has 88 valence electrons. The molecule has 0 spiro atoms. The van der Waals surface area contributed by atoms with Crippen LogP contribution in [0.5, 0.6) is 0 Å². The summed E-state index contributed by atoms with van der Waals surface area (Å²) < 4.78 is 4.78. The second-order valence-corrected chi connectivity index (χ2v) is 3.90. The first-order chi connectivity index (χ1) is 7.04. The number of rotatable bonds is 7. The van der Waals surface area contributed by atoms with Crippen LogP contribution in [0.1, 0.15) is 40.0 Å². The Balaban J connectivity index is 3.35. The van der Waals surface area contributed by atoms with Crippen molar-refractivity contribution in [3.05, 3.63) is 12.2 Å². The maximum absolute atomic E-state index is 10.4. The lowest BCUT2D eigenvalue weighted by Crippen LogP contribution is -2.12. The molecular weight excluding hydrogens is 192 g/mol. The highest BCUT2D eigenvalue weighted by Gasteiger charge is 2.06. The summed E-state index contributed by atoms with van der Waals surface area (Å²) in [6.45, 7) is 5.72. The predicted molar refractivity (Wildman–Crippen MR) is 60.5 cm³/mol. The quantitative estimate of drug-likeness (QED) is 0.402. The van der Waals surface area contributed by atoms with Crippen molar-refractivity contribution in [3.8, 4) is 0 Å². The van der Waals surface area contributed by atoms with Gasteiger partial charge in [-0.1, -0.05) is 19.1 Å². The third kappa shape index (κ3) is 9.47. The molecule has 0 aliphatic rings. The molecule has 2 atom stereocenters. The molecule has 0 amide bonds. The largest absolute Gasteiger partial charge is 0.466 e. The van der Waals surface area contributed by atoms with Crippen LogP contribution in [0, 0.1) is 5.92 Å². The summed E-state index contributed by atoms with van der Waals surface area (Å²) in [5, 5.41) is 9.24. The highest BCUT2D eigenvalue weighted by Crippen LogP contribution is 2.10.